The van der Waals surface area contributed by atoms with E-state index in [0.29, 0.717) is 37.5 Å². The average Bonchev–Trinajstić information content (AvgIpc) is 3.22. The Morgan fingerprint density at radius 2 is 2.39 bits per heavy atom. The molecule has 3 rings (SSSR count). The number of aromatic nitrogens is 2. The van der Waals surface area contributed by atoms with Crippen LogP contribution in [0.3, 0.4) is 0 Å². The Bertz CT molecular complexity index is 660. The second-order valence-corrected chi connectivity index (χ2v) is 6.76. The third-order valence-corrected chi connectivity index (χ3v) is 4.84. The number of nitrogens with zero attached hydrogens (tertiary/aromatic N) is 4. The number of hydrogen-bond acceptors (Lipinski definition) is 6. The van der Waals surface area contributed by atoms with Crippen molar-refractivity contribution in [3.63, 3.8) is 0 Å². The third-order valence-electron chi connectivity index (χ3n) is 4.08. The minimum Gasteiger partial charge on any atom is -0.448 e. The lowest BCUT2D eigenvalue weighted by molar-refractivity contribution is 0.0743. The second-order valence-electron chi connectivity index (χ2n) is 5.78. The predicted octanol–water partition coefficient (Wildman–Crippen LogP) is 2.12. The first-order chi connectivity index (χ1) is 11.0. The van der Waals surface area contributed by atoms with Gasteiger partial charge in [0.25, 0.3) is 5.91 Å². The highest BCUT2D eigenvalue weighted by molar-refractivity contribution is 7.09. The minimum absolute atomic E-state index is 0.0185. The van der Waals surface area contributed by atoms with Gasteiger partial charge < -0.3 is 9.32 Å². The van der Waals surface area contributed by atoms with Crippen LogP contribution in [0.25, 0.3) is 0 Å². The summed E-state index contributed by atoms with van der Waals surface area (Å²) in [5.74, 6) is 0.295. The lowest BCUT2D eigenvalue weighted by atomic mass is 10.2. The summed E-state index contributed by atoms with van der Waals surface area (Å²) in [6.07, 6.45) is 2.58. The lowest BCUT2D eigenvalue weighted by Crippen LogP contribution is -2.41. The Morgan fingerprint density at radius 1 is 1.57 bits per heavy atom. The van der Waals surface area contributed by atoms with Gasteiger partial charge in [0.05, 0.1) is 6.54 Å². The van der Waals surface area contributed by atoms with E-state index in [1.807, 2.05) is 5.38 Å². The standard InChI is InChI=1S/C15H19FN4O2S/c1-10-14(18-9-22-10)15(21)19(2)7-12-5-11(16)6-20(12)8-13-17-3-4-23-13/h3-4,9,11-12H,5-8H2,1-2H3/t11-,12-/m0/s1. The van der Waals surface area contributed by atoms with E-state index in [4.69, 9.17) is 4.42 Å². The Balaban J connectivity index is 1.65. The van der Waals surface area contributed by atoms with Crippen molar-refractivity contribution < 1.29 is 13.6 Å². The second kappa shape index (κ2) is 6.76. The summed E-state index contributed by atoms with van der Waals surface area (Å²) in [5.41, 5.74) is 0.314. The van der Waals surface area contributed by atoms with Gasteiger partial charge in [-0.25, -0.2) is 14.4 Å². The molecule has 0 unspecified atom stereocenters. The first-order valence-electron chi connectivity index (χ1n) is 7.46. The van der Waals surface area contributed by atoms with E-state index in [1.165, 1.54) is 6.39 Å². The summed E-state index contributed by atoms with van der Waals surface area (Å²) < 4.78 is 18.9. The number of hydrogen-bond donors (Lipinski definition) is 0. The van der Waals surface area contributed by atoms with Gasteiger partial charge in [-0.1, -0.05) is 0 Å². The highest BCUT2D eigenvalue weighted by Gasteiger charge is 2.34. The molecule has 0 saturated carbocycles. The van der Waals surface area contributed by atoms with Crippen LogP contribution in [0.1, 0.15) is 27.7 Å². The van der Waals surface area contributed by atoms with E-state index in [1.54, 1.807) is 36.4 Å². The summed E-state index contributed by atoms with van der Waals surface area (Å²) in [6, 6.07) is -0.0185. The number of halogens is 1. The van der Waals surface area contributed by atoms with E-state index in [9.17, 15) is 9.18 Å². The van der Waals surface area contributed by atoms with Gasteiger partial charge in [-0.2, -0.15) is 0 Å². The maximum Gasteiger partial charge on any atom is 0.275 e. The third kappa shape index (κ3) is 3.59. The van der Waals surface area contributed by atoms with Crippen LogP contribution in [0.4, 0.5) is 4.39 Å². The zero-order chi connectivity index (χ0) is 16.4. The fourth-order valence-electron chi connectivity index (χ4n) is 2.90. The molecule has 0 radical (unpaired) electrons. The normalized spacial score (nSPS) is 21.7. The number of likely N-dealkylation sites (tertiary alicyclic amines) is 1. The molecule has 6 nitrogen and oxygen atoms in total. The van der Waals surface area contributed by atoms with Gasteiger partial charge in [-0.15, -0.1) is 11.3 Å². The molecule has 0 aliphatic carbocycles. The van der Waals surface area contributed by atoms with Crippen molar-refractivity contribution >= 4 is 17.2 Å². The molecule has 3 heterocycles. The van der Waals surface area contributed by atoms with Crippen molar-refractivity contribution in [1.82, 2.24) is 19.8 Å². The van der Waals surface area contributed by atoms with Crippen LogP contribution in [-0.2, 0) is 6.54 Å². The quantitative estimate of drug-likeness (QED) is 0.836. The fraction of sp³-hybridized carbons (Fsp3) is 0.533. The summed E-state index contributed by atoms with van der Waals surface area (Å²) in [7, 11) is 1.71. The van der Waals surface area contributed by atoms with E-state index in [-0.39, 0.29) is 11.9 Å². The Kier molecular flexibility index (Phi) is 4.72. The molecule has 0 aromatic carbocycles. The Labute approximate surface area is 137 Å². The number of carbonyl (C=O) groups excluding carboxylic acids is 1. The van der Waals surface area contributed by atoms with E-state index in [2.05, 4.69) is 14.9 Å². The molecule has 2 aromatic rings. The molecule has 2 aromatic heterocycles. The highest BCUT2D eigenvalue weighted by Crippen LogP contribution is 2.24. The number of alkyl halides is 1. The molecule has 8 heteroatoms. The van der Waals surface area contributed by atoms with Gasteiger partial charge >= 0.3 is 0 Å². The molecule has 1 aliphatic heterocycles. The summed E-state index contributed by atoms with van der Waals surface area (Å²) in [5, 5.41) is 2.88. The molecule has 0 bridgehead atoms. The molecule has 23 heavy (non-hydrogen) atoms. The molecule has 0 N–H and O–H groups in total. The average molecular weight is 338 g/mol. The molecule has 2 atom stereocenters. The molecule has 1 saturated heterocycles. The van der Waals surface area contributed by atoms with E-state index in [0.717, 1.165) is 5.01 Å². The van der Waals surface area contributed by atoms with E-state index < -0.39 is 6.17 Å². The summed E-state index contributed by atoms with van der Waals surface area (Å²) in [6.45, 7) is 3.16. The largest absolute Gasteiger partial charge is 0.448 e. The maximum atomic E-state index is 13.9. The van der Waals surface area contributed by atoms with Crippen LogP contribution in [0.5, 0.6) is 0 Å². The lowest BCUT2D eigenvalue weighted by Gasteiger charge is -2.27. The van der Waals surface area contributed by atoms with Crippen LogP contribution in [0.15, 0.2) is 22.4 Å². The van der Waals surface area contributed by atoms with Crippen LogP contribution < -0.4 is 0 Å². The summed E-state index contributed by atoms with van der Waals surface area (Å²) in [4.78, 5) is 24.3. The van der Waals surface area contributed by atoms with Crippen molar-refractivity contribution in [1.29, 1.82) is 0 Å². The zero-order valence-corrected chi connectivity index (χ0v) is 13.9. The topological polar surface area (TPSA) is 62.5 Å². The van der Waals surface area contributed by atoms with Crippen molar-refractivity contribution in [2.45, 2.75) is 32.1 Å². The van der Waals surface area contributed by atoms with Crippen molar-refractivity contribution in [2.75, 3.05) is 20.1 Å². The van der Waals surface area contributed by atoms with Gasteiger partial charge in [0, 0.05) is 37.8 Å². The molecule has 124 valence electrons. The maximum absolute atomic E-state index is 13.9. The molecule has 1 aliphatic rings. The Hall–Kier alpha value is -1.80. The van der Waals surface area contributed by atoms with Crippen LogP contribution in [0.2, 0.25) is 0 Å². The van der Waals surface area contributed by atoms with Crippen LogP contribution in [-0.4, -0.2) is 58.0 Å². The van der Waals surface area contributed by atoms with Crippen molar-refractivity contribution in [2.24, 2.45) is 0 Å². The highest BCUT2D eigenvalue weighted by atomic mass is 32.1. The predicted molar refractivity (Wildman–Crippen MR) is 84.0 cm³/mol. The number of carbonyl (C=O) groups is 1. The van der Waals surface area contributed by atoms with Crippen molar-refractivity contribution in [3.05, 3.63) is 34.4 Å². The smallest absolute Gasteiger partial charge is 0.275 e. The molecule has 0 spiro atoms. The van der Waals surface area contributed by atoms with Crippen LogP contribution >= 0.6 is 11.3 Å². The number of thiazole rings is 1. The number of rotatable bonds is 5. The van der Waals surface area contributed by atoms with Gasteiger partial charge in [-0.05, 0) is 13.3 Å². The van der Waals surface area contributed by atoms with Crippen molar-refractivity contribution in [3.8, 4) is 0 Å². The number of oxazole rings is 1. The summed E-state index contributed by atoms with van der Waals surface area (Å²) >= 11 is 1.56. The van der Waals surface area contributed by atoms with Gasteiger partial charge in [0.1, 0.15) is 16.9 Å². The Morgan fingerprint density at radius 3 is 3.04 bits per heavy atom. The van der Waals surface area contributed by atoms with Gasteiger partial charge in [-0.3, -0.25) is 9.69 Å². The van der Waals surface area contributed by atoms with Crippen LogP contribution in [0, 0.1) is 6.92 Å². The molecular formula is C15H19FN4O2S. The first-order valence-corrected chi connectivity index (χ1v) is 8.34. The monoisotopic (exact) mass is 338 g/mol. The minimum atomic E-state index is -0.864. The van der Waals surface area contributed by atoms with Gasteiger partial charge in [0.15, 0.2) is 12.1 Å². The first kappa shape index (κ1) is 16.1. The number of aryl methyl sites for hydroxylation is 1. The molecule has 1 amide bonds. The fourth-order valence-corrected chi connectivity index (χ4v) is 3.54. The zero-order valence-electron chi connectivity index (χ0n) is 13.1. The van der Waals surface area contributed by atoms with E-state index >= 15 is 0 Å². The van der Waals surface area contributed by atoms with Gasteiger partial charge in [0.2, 0.25) is 0 Å². The molecular weight excluding hydrogens is 319 g/mol. The number of amides is 1. The number of likely N-dealkylation sites (N-methyl/N-ethyl adjacent to an activating group) is 1. The SMILES string of the molecule is Cc1ocnc1C(=O)N(C)C[C@@H]1C[C@H](F)CN1Cc1nccs1. The molecule has 1 fully saturated rings.